The summed E-state index contributed by atoms with van der Waals surface area (Å²) >= 11 is 5.83. The largest absolute Gasteiger partial charge is 0.261 e. The second-order valence-electron chi connectivity index (χ2n) is 3.83. The van der Waals surface area contributed by atoms with Gasteiger partial charge >= 0.3 is 0 Å². The number of rotatable bonds is 0. The summed E-state index contributed by atoms with van der Waals surface area (Å²) in [5.41, 5.74) is 1.23. The standard InChI is InChI=1S/C8H12BrIN2/c1-8(2,3)6-5(9)7(10)12(4)11-6/h1-4H3. The number of nitrogens with zero attached hydrogens (tertiary/aromatic N) is 2. The molecule has 0 aromatic carbocycles. The van der Waals surface area contributed by atoms with Crippen molar-refractivity contribution in [2.24, 2.45) is 7.05 Å². The minimum Gasteiger partial charge on any atom is -0.261 e. The zero-order valence-corrected chi connectivity index (χ0v) is 11.4. The fraction of sp³-hybridized carbons (Fsp3) is 0.625. The Labute approximate surface area is 95.0 Å². The third-order valence-electron chi connectivity index (χ3n) is 1.63. The molecule has 0 bridgehead atoms. The van der Waals surface area contributed by atoms with Crippen molar-refractivity contribution in [3.63, 3.8) is 0 Å². The van der Waals surface area contributed by atoms with E-state index in [1.54, 1.807) is 0 Å². The van der Waals surface area contributed by atoms with Gasteiger partial charge in [-0.25, -0.2) is 0 Å². The van der Waals surface area contributed by atoms with E-state index in [1.807, 2.05) is 11.7 Å². The lowest BCUT2D eigenvalue weighted by Gasteiger charge is -2.15. The molecule has 0 radical (unpaired) electrons. The van der Waals surface area contributed by atoms with Gasteiger partial charge in [-0.1, -0.05) is 20.8 Å². The van der Waals surface area contributed by atoms with Gasteiger partial charge in [0, 0.05) is 12.5 Å². The average molecular weight is 343 g/mol. The normalized spacial score (nSPS) is 12.2. The predicted octanol–water partition coefficient (Wildman–Crippen LogP) is 3.08. The summed E-state index contributed by atoms with van der Waals surface area (Å²) in [4.78, 5) is 0. The van der Waals surface area contributed by atoms with Crippen LogP contribution in [0.5, 0.6) is 0 Å². The minimum atomic E-state index is 0.111. The molecule has 0 saturated heterocycles. The van der Waals surface area contributed by atoms with Crippen LogP contribution >= 0.6 is 38.5 Å². The van der Waals surface area contributed by atoms with E-state index in [-0.39, 0.29) is 5.41 Å². The van der Waals surface area contributed by atoms with E-state index in [9.17, 15) is 0 Å². The van der Waals surface area contributed by atoms with Gasteiger partial charge in [0.1, 0.15) is 3.70 Å². The van der Waals surface area contributed by atoms with E-state index < -0.39 is 0 Å². The highest BCUT2D eigenvalue weighted by Crippen LogP contribution is 2.31. The highest BCUT2D eigenvalue weighted by atomic mass is 127. The number of halogens is 2. The molecular weight excluding hydrogens is 331 g/mol. The molecule has 0 aliphatic heterocycles. The van der Waals surface area contributed by atoms with Crippen LogP contribution in [0.4, 0.5) is 0 Å². The Hall–Kier alpha value is 0.420. The van der Waals surface area contributed by atoms with Crippen LogP contribution in [0.25, 0.3) is 0 Å². The van der Waals surface area contributed by atoms with Crippen LogP contribution in [-0.4, -0.2) is 9.78 Å². The van der Waals surface area contributed by atoms with Crippen molar-refractivity contribution >= 4 is 38.5 Å². The predicted molar refractivity (Wildman–Crippen MR) is 62.3 cm³/mol. The summed E-state index contributed by atoms with van der Waals surface area (Å²) in [5.74, 6) is 0. The molecule has 1 rings (SSSR count). The van der Waals surface area contributed by atoms with E-state index in [4.69, 9.17) is 0 Å². The maximum atomic E-state index is 4.44. The highest BCUT2D eigenvalue weighted by Gasteiger charge is 2.23. The number of aromatic nitrogens is 2. The first-order valence-corrected chi connectivity index (χ1v) is 5.59. The molecule has 0 fully saturated rings. The molecule has 2 nitrogen and oxygen atoms in total. The van der Waals surface area contributed by atoms with Gasteiger partial charge in [-0.3, -0.25) is 4.68 Å². The van der Waals surface area contributed by atoms with Crippen LogP contribution in [-0.2, 0) is 12.5 Å². The van der Waals surface area contributed by atoms with Crippen molar-refractivity contribution in [3.05, 3.63) is 13.9 Å². The van der Waals surface area contributed by atoms with E-state index in [0.717, 1.165) is 13.9 Å². The van der Waals surface area contributed by atoms with Crippen LogP contribution in [0.3, 0.4) is 0 Å². The molecule has 0 aliphatic rings. The molecule has 0 amide bonds. The maximum absolute atomic E-state index is 4.44. The van der Waals surface area contributed by atoms with Crippen LogP contribution in [0.2, 0.25) is 0 Å². The summed E-state index contributed by atoms with van der Waals surface area (Å²) in [5, 5.41) is 4.44. The highest BCUT2D eigenvalue weighted by molar-refractivity contribution is 14.1. The fourth-order valence-electron chi connectivity index (χ4n) is 0.957. The molecule has 0 N–H and O–H groups in total. The molecule has 68 valence electrons. The zero-order valence-electron chi connectivity index (χ0n) is 7.65. The molecule has 0 aliphatic carbocycles. The molecule has 12 heavy (non-hydrogen) atoms. The molecule has 1 aromatic heterocycles. The molecule has 0 atom stereocenters. The number of aryl methyl sites for hydroxylation is 1. The summed E-state index contributed by atoms with van der Waals surface area (Å²) in [7, 11) is 1.96. The second kappa shape index (κ2) is 3.29. The molecule has 4 heteroatoms. The van der Waals surface area contributed by atoms with Gasteiger partial charge in [-0.2, -0.15) is 5.10 Å². The first kappa shape index (κ1) is 10.5. The molecular formula is C8H12BrIN2. The van der Waals surface area contributed by atoms with Crippen LogP contribution < -0.4 is 0 Å². The van der Waals surface area contributed by atoms with Gasteiger partial charge in [0.25, 0.3) is 0 Å². The maximum Gasteiger partial charge on any atom is 0.113 e. The van der Waals surface area contributed by atoms with Gasteiger partial charge in [0.15, 0.2) is 0 Å². The Morgan fingerprint density at radius 2 is 1.92 bits per heavy atom. The Balaban J connectivity index is 3.28. The van der Waals surface area contributed by atoms with E-state index in [1.165, 1.54) is 0 Å². The Kier molecular flexibility index (Phi) is 2.88. The lowest BCUT2D eigenvalue weighted by Crippen LogP contribution is -2.13. The van der Waals surface area contributed by atoms with Crippen LogP contribution in [0, 0.1) is 3.70 Å². The van der Waals surface area contributed by atoms with Gasteiger partial charge < -0.3 is 0 Å². The summed E-state index contributed by atoms with van der Waals surface area (Å²) in [6.07, 6.45) is 0. The molecule has 0 saturated carbocycles. The van der Waals surface area contributed by atoms with Gasteiger partial charge in [-0.05, 0) is 38.5 Å². The first-order chi connectivity index (χ1) is 5.34. The number of hydrogen-bond acceptors (Lipinski definition) is 1. The van der Waals surface area contributed by atoms with Crippen molar-refractivity contribution in [3.8, 4) is 0 Å². The monoisotopic (exact) mass is 342 g/mol. The van der Waals surface area contributed by atoms with E-state index in [0.29, 0.717) is 0 Å². The van der Waals surface area contributed by atoms with Crippen molar-refractivity contribution in [1.29, 1.82) is 0 Å². The Morgan fingerprint density at radius 1 is 1.42 bits per heavy atom. The number of hydrogen-bond donors (Lipinski definition) is 0. The van der Waals surface area contributed by atoms with E-state index in [2.05, 4.69) is 64.4 Å². The molecule has 1 heterocycles. The second-order valence-corrected chi connectivity index (χ2v) is 5.64. The van der Waals surface area contributed by atoms with Crippen molar-refractivity contribution in [2.75, 3.05) is 0 Å². The van der Waals surface area contributed by atoms with E-state index >= 15 is 0 Å². The fourth-order valence-corrected chi connectivity index (χ4v) is 2.25. The van der Waals surface area contributed by atoms with Gasteiger partial charge in [0.05, 0.1) is 10.2 Å². The van der Waals surface area contributed by atoms with Gasteiger partial charge in [-0.15, -0.1) is 0 Å². The van der Waals surface area contributed by atoms with Crippen molar-refractivity contribution in [2.45, 2.75) is 26.2 Å². The van der Waals surface area contributed by atoms with Crippen LogP contribution in [0.1, 0.15) is 26.5 Å². The zero-order chi connectivity index (χ0) is 9.52. The van der Waals surface area contributed by atoms with Gasteiger partial charge in [0.2, 0.25) is 0 Å². The lowest BCUT2D eigenvalue weighted by molar-refractivity contribution is 0.550. The molecule has 1 aromatic rings. The lowest BCUT2D eigenvalue weighted by atomic mass is 9.93. The first-order valence-electron chi connectivity index (χ1n) is 3.72. The summed E-state index contributed by atoms with van der Waals surface area (Å²) in [6.45, 7) is 6.49. The molecule has 0 spiro atoms. The van der Waals surface area contributed by atoms with Crippen molar-refractivity contribution in [1.82, 2.24) is 9.78 Å². The quantitative estimate of drug-likeness (QED) is 0.662. The topological polar surface area (TPSA) is 17.8 Å². The van der Waals surface area contributed by atoms with Crippen LogP contribution in [0.15, 0.2) is 4.47 Å². The SMILES string of the molecule is Cn1nc(C(C)(C)C)c(Br)c1I. The average Bonchev–Trinajstić information content (AvgIpc) is 2.15. The Bertz CT molecular complexity index is 299. The summed E-state index contributed by atoms with van der Waals surface area (Å²) < 4.78 is 4.17. The van der Waals surface area contributed by atoms with Crippen molar-refractivity contribution < 1.29 is 0 Å². The minimum absolute atomic E-state index is 0.111. The summed E-state index contributed by atoms with van der Waals surface area (Å²) in [6, 6.07) is 0. The smallest absolute Gasteiger partial charge is 0.113 e. The third kappa shape index (κ3) is 1.84. The Morgan fingerprint density at radius 3 is 2.08 bits per heavy atom. The third-order valence-corrected chi connectivity index (χ3v) is 4.36. The molecule has 0 unspecified atom stereocenters.